The van der Waals surface area contributed by atoms with E-state index in [0.29, 0.717) is 16.9 Å². The zero-order valence-electron chi connectivity index (χ0n) is 10.9. The molecule has 21 heavy (non-hydrogen) atoms. The van der Waals surface area contributed by atoms with Gasteiger partial charge in [0.05, 0.1) is 6.10 Å². The first-order chi connectivity index (χ1) is 9.97. The van der Waals surface area contributed by atoms with Gasteiger partial charge in [-0.25, -0.2) is 0 Å². The summed E-state index contributed by atoms with van der Waals surface area (Å²) in [6.45, 7) is 0. The second kappa shape index (κ2) is 4.75. The van der Waals surface area contributed by atoms with Crippen molar-refractivity contribution in [2.45, 2.75) is 18.6 Å². The van der Waals surface area contributed by atoms with Crippen molar-refractivity contribution in [3.63, 3.8) is 0 Å². The van der Waals surface area contributed by atoms with Crippen LogP contribution in [0.25, 0.3) is 0 Å². The highest BCUT2D eigenvalue weighted by Gasteiger charge is 2.32. The van der Waals surface area contributed by atoms with Gasteiger partial charge in [-0.05, 0) is 24.3 Å². The lowest BCUT2D eigenvalue weighted by molar-refractivity contribution is 0.0197. The molecule has 1 aliphatic heterocycles. The van der Waals surface area contributed by atoms with E-state index in [1.165, 1.54) is 18.2 Å². The minimum Gasteiger partial charge on any atom is -0.508 e. The topological polar surface area (TPSA) is 110 Å². The van der Waals surface area contributed by atoms with Crippen LogP contribution in [0.3, 0.4) is 0 Å². The standard InChI is InChI=1S/C15H14O6/c16-9-2-1-3-13-8(9)6-12(19)15(21-13)7-4-10(17)14(20)11(18)5-7/h1-5,12,15-20H,6H2. The first-order valence-corrected chi connectivity index (χ1v) is 6.37. The molecule has 0 amide bonds. The van der Waals surface area contributed by atoms with E-state index in [2.05, 4.69) is 0 Å². The third-order valence-corrected chi connectivity index (χ3v) is 3.55. The maximum absolute atomic E-state index is 10.2. The Morgan fingerprint density at radius 3 is 2.29 bits per heavy atom. The van der Waals surface area contributed by atoms with Crippen LogP contribution in [-0.2, 0) is 6.42 Å². The van der Waals surface area contributed by atoms with Gasteiger partial charge < -0.3 is 30.3 Å². The van der Waals surface area contributed by atoms with E-state index in [4.69, 9.17) is 4.74 Å². The summed E-state index contributed by atoms with van der Waals surface area (Å²) in [4.78, 5) is 0. The van der Waals surface area contributed by atoms with Gasteiger partial charge in [0, 0.05) is 17.5 Å². The average molecular weight is 290 g/mol. The summed E-state index contributed by atoms with van der Waals surface area (Å²) >= 11 is 0. The van der Waals surface area contributed by atoms with Gasteiger partial charge in [-0.1, -0.05) is 6.07 Å². The lowest BCUT2D eigenvalue weighted by atomic mass is 9.94. The first kappa shape index (κ1) is 13.4. The van der Waals surface area contributed by atoms with Crippen LogP contribution in [0.1, 0.15) is 17.2 Å². The molecule has 1 heterocycles. The molecule has 0 saturated carbocycles. The number of hydrogen-bond acceptors (Lipinski definition) is 6. The Hall–Kier alpha value is -2.60. The van der Waals surface area contributed by atoms with Crippen LogP contribution in [0.2, 0.25) is 0 Å². The maximum atomic E-state index is 10.2. The lowest BCUT2D eigenvalue weighted by Crippen LogP contribution is -2.30. The van der Waals surface area contributed by atoms with Crippen molar-refractivity contribution in [3.05, 3.63) is 41.5 Å². The zero-order chi connectivity index (χ0) is 15.1. The molecule has 3 rings (SSSR count). The van der Waals surface area contributed by atoms with Crippen LogP contribution in [0.15, 0.2) is 30.3 Å². The van der Waals surface area contributed by atoms with Crippen LogP contribution in [0.4, 0.5) is 0 Å². The third kappa shape index (κ3) is 2.19. The summed E-state index contributed by atoms with van der Waals surface area (Å²) in [6.07, 6.45) is -1.61. The average Bonchev–Trinajstić information content (AvgIpc) is 2.45. The molecule has 2 aromatic rings. The van der Waals surface area contributed by atoms with Gasteiger partial charge in [-0.3, -0.25) is 0 Å². The normalized spacial score (nSPS) is 20.6. The monoisotopic (exact) mass is 290 g/mol. The van der Waals surface area contributed by atoms with Crippen LogP contribution in [-0.4, -0.2) is 31.6 Å². The Balaban J connectivity index is 2.01. The van der Waals surface area contributed by atoms with Gasteiger partial charge in [0.2, 0.25) is 0 Å². The Morgan fingerprint density at radius 1 is 0.952 bits per heavy atom. The Kier molecular flexibility index (Phi) is 3.03. The number of hydrogen-bond donors (Lipinski definition) is 5. The fraction of sp³-hybridized carbons (Fsp3) is 0.200. The van der Waals surface area contributed by atoms with E-state index in [1.54, 1.807) is 12.1 Å². The lowest BCUT2D eigenvalue weighted by Gasteiger charge is -2.31. The van der Waals surface area contributed by atoms with Gasteiger partial charge in [-0.15, -0.1) is 0 Å². The summed E-state index contributed by atoms with van der Waals surface area (Å²) < 4.78 is 5.65. The van der Waals surface area contributed by atoms with E-state index in [9.17, 15) is 25.5 Å². The van der Waals surface area contributed by atoms with E-state index in [0.717, 1.165) is 0 Å². The molecule has 2 atom stereocenters. The highest BCUT2D eigenvalue weighted by molar-refractivity contribution is 5.53. The molecule has 0 bridgehead atoms. The van der Waals surface area contributed by atoms with Crippen molar-refractivity contribution >= 4 is 0 Å². The predicted molar refractivity (Wildman–Crippen MR) is 72.6 cm³/mol. The maximum Gasteiger partial charge on any atom is 0.200 e. The SMILES string of the molecule is Oc1cc(C2Oc3cccc(O)c3CC2O)cc(O)c1O. The number of fused-ring (bicyclic) bond motifs is 1. The van der Waals surface area contributed by atoms with Gasteiger partial charge in [0.25, 0.3) is 0 Å². The quantitative estimate of drug-likeness (QED) is 0.510. The zero-order valence-corrected chi connectivity index (χ0v) is 10.9. The molecule has 0 saturated heterocycles. The number of rotatable bonds is 1. The van der Waals surface area contributed by atoms with Crippen molar-refractivity contribution in [1.82, 2.24) is 0 Å². The van der Waals surface area contributed by atoms with Crippen LogP contribution in [0.5, 0.6) is 28.7 Å². The summed E-state index contributed by atoms with van der Waals surface area (Å²) in [5.41, 5.74) is 0.831. The molecule has 6 heteroatoms. The molecular formula is C15H14O6. The smallest absolute Gasteiger partial charge is 0.200 e. The largest absolute Gasteiger partial charge is 0.508 e. The van der Waals surface area contributed by atoms with Crippen molar-refractivity contribution in [1.29, 1.82) is 0 Å². The van der Waals surface area contributed by atoms with Gasteiger partial charge in [0.15, 0.2) is 23.4 Å². The van der Waals surface area contributed by atoms with E-state index < -0.39 is 29.5 Å². The molecule has 0 aromatic heterocycles. The molecule has 2 unspecified atom stereocenters. The molecule has 0 radical (unpaired) electrons. The van der Waals surface area contributed by atoms with E-state index in [-0.39, 0.29) is 12.2 Å². The van der Waals surface area contributed by atoms with Crippen molar-refractivity contribution in [3.8, 4) is 28.7 Å². The van der Waals surface area contributed by atoms with E-state index >= 15 is 0 Å². The number of ether oxygens (including phenoxy) is 1. The molecule has 2 aromatic carbocycles. The van der Waals surface area contributed by atoms with Gasteiger partial charge >= 0.3 is 0 Å². The summed E-state index contributed by atoms with van der Waals surface area (Å²) in [6, 6.07) is 7.23. The third-order valence-electron chi connectivity index (χ3n) is 3.55. The van der Waals surface area contributed by atoms with E-state index in [1.807, 2.05) is 0 Å². The van der Waals surface area contributed by atoms with Gasteiger partial charge in [-0.2, -0.15) is 0 Å². The number of aromatic hydroxyl groups is 4. The predicted octanol–water partition coefficient (Wildman–Crippen LogP) is 1.55. The summed E-state index contributed by atoms with van der Waals surface area (Å²) in [5, 5.41) is 48.4. The summed E-state index contributed by atoms with van der Waals surface area (Å²) in [7, 11) is 0. The van der Waals surface area contributed by atoms with Crippen LogP contribution < -0.4 is 4.74 Å². The fourth-order valence-corrected chi connectivity index (χ4v) is 2.48. The van der Waals surface area contributed by atoms with Crippen molar-refractivity contribution in [2.24, 2.45) is 0 Å². The molecule has 1 aliphatic rings. The number of phenols is 4. The molecule has 0 fully saturated rings. The molecule has 0 aliphatic carbocycles. The van der Waals surface area contributed by atoms with Crippen LogP contribution in [0, 0.1) is 0 Å². The van der Waals surface area contributed by atoms with Gasteiger partial charge in [0.1, 0.15) is 11.5 Å². The number of aliphatic hydroxyl groups excluding tert-OH is 1. The summed E-state index contributed by atoms with van der Waals surface area (Å²) in [5.74, 6) is -1.15. The fourth-order valence-electron chi connectivity index (χ4n) is 2.48. The highest BCUT2D eigenvalue weighted by atomic mass is 16.5. The second-order valence-electron chi connectivity index (χ2n) is 4.97. The Morgan fingerprint density at radius 2 is 1.62 bits per heavy atom. The highest BCUT2D eigenvalue weighted by Crippen LogP contribution is 2.43. The molecule has 5 N–H and O–H groups in total. The van der Waals surface area contributed by atoms with Crippen molar-refractivity contribution < 1.29 is 30.3 Å². The van der Waals surface area contributed by atoms with Crippen molar-refractivity contribution in [2.75, 3.05) is 0 Å². The molecule has 0 spiro atoms. The first-order valence-electron chi connectivity index (χ1n) is 6.37. The number of aliphatic hydroxyl groups is 1. The molecule has 6 nitrogen and oxygen atoms in total. The number of benzene rings is 2. The Bertz CT molecular complexity index is 674. The molecular weight excluding hydrogens is 276 g/mol. The minimum atomic E-state index is -0.964. The minimum absolute atomic E-state index is 0.0430. The number of phenolic OH excluding ortho intramolecular Hbond substituents is 4. The van der Waals surface area contributed by atoms with Crippen LogP contribution >= 0.6 is 0 Å². The Labute approximate surface area is 120 Å². The second-order valence-corrected chi connectivity index (χ2v) is 4.97. The molecule has 110 valence electrons.